The van der Waals surface area contributed by atoms with E-state index >= 15 is 0 Å². The van der Waals surface area contributed by atoms with Crippen LogP contribution in [-0.4, -0.2) is 22.3 Å². The molecule has 0 aliphatic rings. The number of nitrogens with zero attached hydrogens (tertiary/aromatic N) is 2. The Kier molecular flexibility index (Phi) is 4.60. The Hall–Kier alpha value is -2.50. The summed E-state index contributed by atoms with van der Waals surface area (Å²) in [4.78, 5) is 11.6. The van der Waals surface area contributed by atoms with Gasteiger partial charge >= 0.3 is 0 Å². The van der Waals surface area contributed by atoms with Gasteiger partial charge in [0.15, 0.2) is 0 Å². The van der Waals surface area contributed by atoms with Crippen LogP contribution in [0.2, 0.25) is 0 Å². The molecule has 0 bridgehead atoms. The summed E-state index contributed by atoms with van der Waals surface area (Å²) in [5.74, 6) is 0.599. The summed E-state index contributed by atoms with van der Waals surface area (Å²) in [7, 11) is 1.84. The van der Waals surface area contributed by atoms with Gasteiger partial charge in [-0.15, -0.1) is 0 Å². The smallest absolute Gasteiger partial charge is 0.223 e. The number of carbonyl (C=O) groups is 1. The number of ether oxygens (including phenoxy) is 1. The highest BCUT2D eigenvalue weighted by molar-refractivity contribution is 5.75. The Bertz CT molecular complexity index is 580. The predicted molar refractivity (Wildman–Crippen MR) is 76.0 cm³/mol. The van der Waals surface area contributed by atoms with Crippen molar-refractivity contribution < 1.29 is 9.53 Å². The average Bonchev–Trinajstić information content (AvgIpc) is 2.82. The summed E-state index contributed by atoms with van der Waals surface area (Å²) in [6, 6.07) is 9.00. The summed E-state index contributed by atoms with van der Waals surface area (Å²) >= 11 is 0. The molecule has 6 nitrogen and oxygen atoms in total. The van der Waals surface area contributed by atoms with Crippen LogP contribution >= 0.6 is 0 Å². The summed E-state index contributed by atoms with van der Waals surface area (Å²) in [6.07, 6.45) is 2.13. The lowest BCUT2D eigenvalue weighted by Gasteiger charge is -2.07. The highest BCUT2D eigenvalue weighted by Crippen LogP contribution is 2.14. The van der Waals surface area contributed by atoms with E-state index in [-0.39, 0.29) is 5.91 Å². The van der Waals surface area contributed by atoms with Crippen molar-refractivity contribution in [3.63, 3.8) is 0 Å². The minimum atomic E-state index is -0.0699. The zero-order valence-corrected chi connectivity index (χ0v) is 11.4. The zero-order valence-electron chi connectivity index (χ0n) is 11.4. The van der Waals surface area contributed by atoms with Gasteiger partial charge in [0, 0.05) is 25.0 Å². The first kappa shape index (κ1) is 13.9. The number of benzene rings is 1. The van der Waals surface area contributed by atoms with Crippen molar-refractivity contribution >= 4 is 11.6 Å². The molecule has 0 spiro atoms. The van der Waals surface area contributed by atoms with E-state index in [4.69, 9.17) is 10.5 Å². The average molecular weight is 274 g/mol. The minimum absolute atomic E-state index is 0.0699. The lowest BCUT2D eigenvalue weighted by molar-refractivity contribution is -0.121. The summed E-state index contributed by atoms with van der Waals surface area (Å²) in [5, 5.41) is 6.97. The Balaban J connectivity index is 1.67. The maximum absolute atomic E-state index is 11.6. The van der Waals surface area contributed by atoms with Crippen molar-refractivity contribution in [1.82, 2.24) is 15.1 Å². The van der Waals surface area contributed by atoms with E-state index in [0.29, 0.717) is 31.0 Å². The molecule has 0 aliphatic heterocycles. The highest BCUT2D eigenvalue weighted by atomic mass is 16.5. The first-order valence-electron chi connectivity index (χ1n) is 6.37. The lowest BCUT2D eigenvalue weighted by atomic mass is 10.3. The quantitative estimate of drug-likeness (QED) is 0.772. The molecule has 6 heteroatoms. The van der Waals surface area contributed by atoms with Crippen molar-refractivity contribution in [3.8, 4) is 5.75 Å². The molecule has 1 heterocycles. The largest absolute Gasteiger partial charge is 0.493 e. The molecule has 2 rings (SSSR count). The molecule has 2 aromatic rings. The van der Waals surface area contributed by atoms with Crippen molar-refractivity contribution in [1.29, 1.82) is 0 Å². The van der Waals surface area contributed by atoms with Crippen molar-refractivity contribution in [2.24, 2.45) is 7.05 Å². The number of carbonyl (C=O) groups excluding carboxylic acids is 1. The Morgan fingerprint density at radius 3 is 3.00 bits per heavy atom. The third kappa shape index (κ3) is 4.31. The summed E-state index contributed by atoms with van der Waals surface area (Å²) in [6.45, 7) is 0.745. The van der Waals surface area contributed by atoms with Gasteiger partial charge in [-0.1, -0.05) is 6.07 Å². The van der Waals surface area contributed by atoms with Gasteiger partial charge in [0.1, 0.15) is 5.75 Å². The number of nitrogens with two attached hydrogens (primary N) is 1. The molecular formula is C14H18N4O2. The highest BCUT2D eigenvalue weighted by Gasteiger charge is 2.03. The van der Waals surface area contributed by atoms with Crippen molar-refractivity contribution in [2.45, 2.75) is 13.0 Å². The van der Waals surface area contributed by atoms with Crippen molar-refractivity contribution in [3.05, 3.63) is 42.2 Å². The van der Waals surface area contributed by atoms with Gasteiger partial charge in [-0.2, -0.15) is 5.10 Å². The number of nitrogens with one attached hydrogen (secondary N) is 1. The number of hydrogen-bond acceptors (Lipinski definition) is 4. The Labute approximate surface area is 117 Å². The summed E-state index contributed by atoms with van der Waals surface area (Å²) in [5.41, 5.74) is 7.11. The molecule has 0 atom stereocenters. The number of aryl methyl sites for hydroxylation is 1. The molecular weight excluding hydrogens is 256 g/mol. The third-order valence-corrected chi connectivity index (χ3v) is 2.69. The van der Waals surface area contributed by atoms with Gasteiger partial charge in [-0.3, -0.25) is 9.48 Å². The normalized spacial score (nSPS) is 10.2. The molecule has 1 aromatic heterocycles. The van der Waals surface area contributed by atoms with E-state index in [1.165, 1.54) is 0 Å². The molecule has 106 valence electrons. The van der Waals surface area contributed by atoms with E-state index < -0.39 is 0 Å². The molecule has 0 radical (unpaired) electrons. The number of aromatic nitrogens is 2. The zero-order chi connectivity index (χ0) is 14.4. The molecule has 0 unspecified atom stereocenters. The van der Waals surface area contributed by atoms with E-state index in [0.717, 1.165) is 5.69 Å². The van der Waals surface area contributed by atoms with Crippen LogP contribution in [0.1, 0.15) is 12.1 Å². The maximum Gasteiger partial charge on any atom is 0.223 e. The van der Waals surface area contributed by atoms with Crippen LogP contribution in [0, 0.1) is 0 Å². The van der Waals surface area contributed by atoms with Gasteiger partial charge in [0.25, 0.3) is 0 Å². The molecule has 0 saturated heterocycles. The first-order chi connectivity index (χ1) is 9.63. The van der Waals surface area contributed by atoms with Gasteiger partial charge in [0.05, 0.1) is 25.3 Å². The fourth-order valence-corrected chi connectivity index (χ4v) is 1.70. The van der Waals surface area contributed by atoms with Gasteiger partial charge in [-0.25, -0.2) is 0 Å². The third-order valence-electron chi connectivity index (χ3n) is 2.69. The fraction of sp³-hybridized carbons (Fsp3) is 0.286. The molecule has 20 heavy (non-hydrogen) atoms. The maximum atomic E-state index is 11.6. The molecule has 0 fully saturated rings. The Morgan fingerprint density at radius 1 is 1.45 bits per heavy atom. The number of amides is 1. The first-order valence-corrected chi connectivity index (χ1v) is 6.37. The Morgan fingerprint density at radius 2 is 2.30 bits per heavy atom. The number of nitrogen functional groups attached to an aromatic ring is 1. The van der Waals surface area contributed by atoms with Crippen LogP contribution in [-0.2, 0) is 18.4 Å². The molecule has 1 aromatic carbocycles. The second kappa shape index (κ2) is 6.60. The molecule has 1 amide bonds. The summed E-state index contributed by atoms with van der Waals surface area (Å²) < 4.78 is 7.15. The monoisotopic (exact) mass is 274 g/mol. The van der Waals surface area contributed by atoms with Crippen LogP contribution in [0.25, 0.3) is 0 Å². The molecule has 0 aliphatic carbocycles. The van der Waals surface area contributed by atoms with E-state index in [1.807, 2.05) is 31.4 Å². The van der Waals surface area contributed by atoms with Crippen LogP contribution in [0.5, 0.6) is 5.75 Å². The van der Waals surface area contributed by atoms with Crippen LogP contribution in [0.4, 0.5) is 5.69 Å². The number of hydrogen-bond donors (Lipinski definition) is 2. The van der Waals surface area contributed by atoms with E-state index in [2.05, 4.69) is 10.4 Å². The van der Waals surface area contributed by atoms with E-state index in [1.54, 1.807) is 16.8 Å². The van der Waals surface area contributed by atoms with E-state index in [9.17, 15) is 4.79 Å². The second-order valence-corrected chi connectivity index (χ2v) is 4.43. The van der Waals surface area contributed by atoms with Crippen LogP contribution in [0.15, 0.2) is 36.5 Å². The number of rotatable bonds is 6. The fourth-order valence-electron chi connectivity index (χ4n) is 1.70. The van der Waals surface area contributed by atoms with Crippen LogP contribution < -0.4 is 15.8 Å². The van der Waals surface area contributed by atoms with Gasteiger partial charge in [0.2, 0.25) is 5.91 Å². The second-order valence-electron chi connectivity index (χ2n) is 4.43. The van der Waals surface area contributed by atoms with Gasteiger partial charge < -0.3 is 15.8 Å². The lowest BCUT2D eigenvalue weighted by Crippen LogP contribution is -2.24. The standard InChI is InChI=1S/C14H18N4O2/c1-18-7-5-12(17-18)10-16-14(19)6-8-20-13-4-2-3-11(15)9-13/h2-5,7,9H,6,8,10,15H2,1H3,(H,16,19). The number of anilines is 1. The predicted octanol–water partition coefficient (Wildman–Crippen LogP) is 1.09. The van der Waals surface area contributed by atoms with Crippen LogP contribution in [0.3, 0.4) is 0 Å². The SMILES string of the molecule is Cn1ccc(CNC(=O)CCOc2cccc(N)c2)n1. The molecule has 0 saturated carbocycles. The minimum Gasteiger partial charge on any atom is -0.493 e. The topological polar surface area (TPSA) is 82.2 Å². The molecule has 3 N–H and O–H groups in total. The van der Waals surface area contributed by atoms with Gasteiger partial charge in [-0.05, 0) is 18.2 Å². The van der Waals surface area contributed by atoms with Crippen molar-refractivity contribution in [2.75, 3.05) is 12.3 Å².